The van der Waals surface area contributed by atoms with Crippen molar-refractivity contribution >= 4 is 10.0 Å². The third-order valence-corrected chi connectivity index (χ3v) is 5.46. The van der Waals surface area contributed by atoms with Gasteiger partial charge in [0.05, 0.1) is 12.5 Å². The maximum atomic E-state index is 12.2. The van der Waals surface area contributed by atoms with Gasteiger partial charge in [0.1, 0.15) is 0 Å². The normalized spacial score (nSPS) is 24.0. The van der Waals surface area contributed by atoms with Crippen molar-refractivity contribution in [1.29, 1.82) is 0 Å². The van der Waals surface area contributed by atoms with Gasteiger partial charge in [0, 0.05) is 45.3 Å². The quantitative estimate of drug-likeness (QED) is 0.713. The Labute approximate surface area is 106 Å². The maximum Gasteiger partial charge on any atom is 0.260 e. The first-order valence-corrected chi connectivity index (χ1v) is 7.55. The Bertz CT molecular complexity index is 488. The number of rotatable bonds is 3. The molecule has 8 heteroatoms. The zero-order valence-corrected chi connectivity index (χ0v) is 10.9. The molecule has 7 nitrogen and oxygen atoms in total. The van der Waals surface area contributed by atoms with Crippen LogP contribution in [0.5, 0.6) is 0 Å². The lowest BCUT2D eigenvalue weighted by molar-refractivity contribution is 0.103. The topological polar surface area (TPSA) is 81.3 Å². The lowest BCUT2D eigenvalue weighted by Crippen LogP contribution is -2.62. The van der Waals surface area contributed by atoms with E-state index in [1.807, 2.05) is 0 Å². The van der Waals surface area contributed by atoms with Crippen molar-refractivity contribution in [1.82, 2.24) is 24.5 Å². The first-order valence-electron chi connectivity index (χ1n) is 6.11. The van der Waals surface area contributed by atoms with E-state index >= 15 is 0 Å². The molecular weight excluding hydrogens is 254 g/mol. The number of aromatic nitrogens is 2. The van der Waals surface area contributed by atoms with E-state index in [0.29, 0.717) is 19.1 Å². The van der Waals surface area contributed by atoms with Gasteiger partial charge in [-0.3, -0.25) is 4.90 Å². The second-order valence-corrected chi connectivity index (χ2v) is 6.57. The fourth-order valence-electron chi connectivity index (χ4n) is 2.36. The summed E-state index contributed by atoms with van der Waals surface area (Å²) in [5.74, 6) is 0. The van der Waals surface area contributed by atoms with Crippen molar-refractivity contribution in [2.45, 2.75) is 11.1 Å². The number of nitrogens with one attached hydrogen (secondary N) is 2. The molecule has 0 aromatic carbocycles. The summed E-state index contributed by atoms with van der Waals surface area (Å²) >= 11 is 0. The van der Waals surface area contributed by atoms with Gasteiger partial charge in [-0.1, -0.05) is 0 Å². The summed E-state index contributed by atoms with van der Waals surface area (Å²) in [6, 6.07) is 0.585. The van der Waals surface area contributed by atoms with E-state index in [0.717, 1.165) is 26.2 Å². The van der Waals surface area contributed by atoms with Crippen molar-refractivity contribution < 1.29 is 8.42 Å². The van der Waals surface area contributed by atoms with Crippen molar-refractivity contribution in [2.24, 2.45) is 0 Å². The van der Waals surface area contributed by atoms with E-state index in [4.69, 9.17) is 0 Å². The van der Waals surface area contributed by atoms with Gasteiger partial charge in [-0.25, -0.2) is 13.4 Å². The third-order valence-electron chi connectivity index (χ3n) is 3.64. The summed E-state index contributed by atoms with van der Waals surface area (Å²) in [7, 11) is -3.38. The molecule has 2 fully saturated rings. The Hall–Kier alpha value is -0.960. The molecule has 0 atom stereocenters. The Morgan fingerprint density at radius 3 is 2.44 bits per heavy atom. The summed E-state index contributed by atoms with van der Waals surface area (Å²) < 4.78 is 26.0. The first-order chi connectivity index (χ1) is 8.68. The number of nitrogens with zero attached hydrogens (tertiary/aromatic N) is 3. The minimum Gasteiger partial charge on any atom is -0.335 e. The number of sulfonamides is 1. The number of hydrogen-bond donors (Lipinski definition) is 2. The Morgan fingerprint density at radius 1 is 1.22 bits per heavy atom. The number of aromatic amines is 1. The van der Waals surface area contributed by atoms with Crippen molar-refractivity contribution in [3.63, 3.8) is 0 Å². The van der Waals surface area contributed by atoms with Crippen LogP contribution in [0.15, 0.2) is 17.6 Å². The molecule has 1 aromatic rings. The summed E-state index contributed by atoms with van der Waals surface area (Å²) in [4.78, 5) is 8.79. The zero-order chi connectivity index (χ0) is 12.6. The molecular formula is C10H17N5O2S. The largest absolute Gasteiger partial charge is 0.335 e. The average molecular weight is 271 g/mol. The van der Waals surface area contributed by atoms with Gasteiger partial charge >= 0.3 is 0 Å². The van der Waals surface area contributed by atoms with E-state index < -0.39 is 10.0 Å². The standard InChI is InChI=1S/C10H17N5O2S/c16-18(17,10-7-12-8-13-10)15-3-1-14(2-4-15)9-5-11-6-9/h7-9,11H,1-6H2,(H,12,13). The van der Waals surface area contributed by atoms with Crippen molar-refractivity contribution in [3.8, 4) is 0 Å². The summed E-state index contributed by atoms with van der Waals surface area (Å²) in [5.41, 5.74) is 0. The summed E-state index contributed by atoms with van der Waals surface area (Å²) in [6.45, 7) is 4.76. The minimum atomic E-state index is -3.38. The van der Waals surface area contributed by atoms with Gasteiger partial charge < -0.3 is 10.3 Å². The highest BCUT2D eigenvalue weighted by Crippen LogP contribution is 2.16. The van der Waals surface area contributed by atoms with Gasteiger partial charge in [-0.05, 0) is 0 Å². The van der Waals surface area contributed by atoms with Gasteiger partial charge in [0.25, 0.3) is 10.0 Å². The van der Waals surface area contributed by atoms with Crippen LogP contribution in [0.25, 0.3) is 0 Å². The van der Waals surface area contributed by atoms with E-state index in [-0.39, 0.29) is 5.03 Å². The fourth-order valence-corrected chi connectivity index (χ4v) is 3.68. The molecule has 0 spiro atoms. The Kier molecular flexibility index (Phi) is 3.10. The van der Waals surface area contributed by atoms with Crippen LogP contribution in [0.3, 0.4) is 0 Å². The highest BCUT2D eigenvalue weighted by molar-refractivity contribution is 7.89. The Balaban J connectivity index is 1.65. The molecule has 0 radical (unpaired) electrons. The van der Waals surface area contributed by atoms with Crippen LogP contribution in [0.2, 0.25) is 0 Å². The molecule has 2 saturated heterocycles. The van der Waals surface area contributed by atoms with Crippen LogP contribution >= 0.6 is 0 Å². The highest BCUT2D eigenvalue weighted by atomic mass is 32.2. The SMILES string of the molecule is O=S(=O)(c1cnc[nH]1)N1CCN(C2CNC2)CC1. The van der Waals surface area contributed by atoms with Crippen molar-refractivity contribution in [3.05, 3.63) is 12.5 Å². The lowest BCUT2D eigenvalue weighted by Gasteiger charge is -2.42. The number of H-pyrrole nitrogens is 1. The molecule has 0 aliphatic carbocycles. The molecule has 0 bridgehead atoms. The molecule has 0 amide bonds. The number of piperazine rings is 1. The van der Waals surface area contributed by atoms with Gasteiger partial charge in [-0.2, -0.15) is 4.31 Å². The van der Waals surface area contributed by atoms with Crippen LogP contribution in [-0.4, -0.2) is 72.9 Å². The smallest absolute Gasteiger partial charge is 0.260 e. The van der Waals surface area contributed by atoms with Crippen LogP contribution in [0.1, 0.15) is 0 Å². The third kappa shape index (κ3) is 2.05. The summed E-state index contributed by atoms with van der Waals surface area (Å²) in [5, 5.41) is 3.42. The molecule has 2 aliphatic rings. The van der Waals surface area contributed by atoms with Crippen LogP contribution < -0.4 is 5.32 Å². The van der Waals surface area contributed by atoms with Crippen LogP contribution in [0.4, 0.5) is 0 Å². The Morgan fingerprint density at radius 2 is 1.94 bits per heavy atom. The minimum absolute atomic E-state index is 0.182. The van der Waals surface area contributed by atoms with Gasteiger partial charge in [0.2, 0.25) is 0 Å². The van der Waals surface area contributed by atoms with E-state index in [1.165, 1.54) is 16.8 Å². The fraction of sp³-hybridized carbons (Fsp3) is 0.700. The molecule has 2 aliphatic heterocycles. The monoisotopic (exact) mass is 271 g/mol. The molecule has 0 unspecified atom stereocenters. The number of hydrogen-bond acceptors (Lipinski definition) is 5. The molecule has 3 rings (SSSR count). The van der Waals surface area contributed by atoms with E-state index in [1.54, 1.807) is 0 Å². The molecule has 2 N–H and O–H groups in total. The average Bonchev–Trinajstić information content (AvgIpc) is 2.81. The zero-order valence-electron chi connectivity index (χ0n) is 10.0. The van der Waals surface area contributed by atoms with E-state index in [2.05, 4.69) is 20.2 Å². The molecule has 100 valence electrons. The molecule has 0 saturated carbocycles. The highest BCUT2D eigenvalue weighted by Gasteiger charge is 2.33. The molecule has 18 heavy (non-hydrogen) atoms. The van der Waals surface area contributed by atoms with Crippen LogP contribution in [0, 0.1) is 0 Å². The summed E-state index contributed by atoms with van der Waals surface area (Å²) in [6.07, 6.45) is 2.75. The van der Waals surface area contributed by atoms with Gasteiger partial charge in [-0.15, -0.1) is 0 Å². The van der Waals surface area contributed by atoms with Gasteiger partial charge in [0.15, 0.2) is 5.03 Å². The number of imidazole rings is 1. The first kappa shape index (κ1) is 12.1. The van der Waals surface area contributed by atoms with Crippen molar-refractivity contribution in [2.75, 3.05) is 39.3 Å². The second kappa shape index (κ2) is 4.61. The lowest BCUT2D eigenvalue weighted by atomic mass is 10.1. The second-order valence-electron chi connectivity index (χ2n) is 4.67. The van der Waals surface area contributed by atoms with E-state index in [9.17, 15) is 8.42 Å². The molecule has 3 heterocycles. The predicted octanol–water partition coefficient (Wildman–Crippen LogP) is -1.31. The van der Waals surface area contributed by atoms with Crippen LogP contribution in [-0.2, 0) is 10.0 Å². The molecule has 1 aromatic heterocycles. The maximum absolute atomic E-state index is 12.2. The predicted molar refractivity (Wildman–Crippen MR) is 65.6 cm³/mol.